The second-order valence-corrected chi connectivity index (χ2v) is 6.03. The van der Waals surface area contributed by atoms with Gasteiger partial charge in [0.15, 0.2) is 0 Å². The molecule has 1 saturated heterocycles. The molecule has 2 fully saturated rings. The molecule has 1 aliphatic carbocycles. The number of nitrogens with zero attached hydrogens (tertiary/aromatic N) is 2. The summed E-state index contributed by atoms with van der Waals surface area (Å²) in [5.41, 5.74) is 0.582. The molecule has 0 N–H and O–H groups in total. The summed E-state index contributed by atoms with van der Waals surface area (Å²) in [5, 5.41) is 0.567. The van der Waals surface area contributed by atoms with Gasteiger partial charge < -0.3 is 14.2 Å². The molecule has 2 aliphatic rings. The molecule has 6 heteroatoms. The first-order valence-corrected chi connectivity index (χ1v) is 7.84. The fourth-order valence-corrected chi connectivity index (χ4v) is 3.12. The molecule has 1 atom stereocenters. The minimum atomic E-state index is -0.459. The van der Waals surface area contributed by atoms with Gasteiger partial charge in [0.05, 0.1) is 11.6 Å². The summed E-state index contributed by atoms with van der Waals surface area (Å²) >= 11 is 6.05. The number of hydrogen-bond acceptors (Lipinski definition) is 3. The molecule has 1 unspecified atom stereocenters. The van der Waals surface area contributed by atoms with E-state index in [9.17, 15) is 9.59 Å². The molecule has 0 radical (unpaired) electrons. The van der Waals surface area contributed by atoms with E-state index in [1.165, 1.54) is 0 Å². The van der Waals surface area contributed by atoms with Crippen LogP contribution in [0.15, 0.2) is 12.3 Å². The molecule has 3 rings (SSSR count). The van der Waals surface area contributed by atoms with Crippen molar-refractivity contribution in [2.45, 2.75) is 44.7 Å². The summed E-state index contributed by atoms with van der Waals surface area (Å²) in [6.45, 7) is 2.70. The van der Waals surface area contributed by atoms with Gasteiger partial charge in [-0.2, -0.15) is 0 Å². The topological polar surface area (TPSA) is 51.5 Å². The van der Waals surface area contributed by atoms with Gasteiger partial charge in [-0.15, -0.1) is 0 Å². The Hall–Kier alpha value is -1.49. The van der Waals surface area contributed by atoms with Gasteiger partial charge in [-0.1, -0.05) is 11.6 Å². The first-order valence-electron chi connectivity index (χ1n) is 7.46. The highest BCUT2D eigenvalue weighted by molar-refractivity contribution is 6.31. The van der Waals surface area contributed by atoms with Gasteiger partial charge in [0, 0.05) is 18.8 Å². The van der Waals surface area contributed by atoms with Gasteiger partial charge in [-0.05, 0) is 38.7 Å². The van der Waals surface area contributed by atoms with Gasteiger partial charge in [-0.25, -0.2) is 4.79 Å². The number of carbonyl (C=O) groups is 2. The molecule has 0 bridgehead atoms. The average Bonchev–Trinajstić information content (AvgIpc) is 3.05. The third kappa shape index (κ3) is 2.79. The highest BCUT2D eigenvalue weighted by atomic mass is 35.5. The lowest BCUT2D eigenvalue weighted by Crippen LogP contribution is -2.42. The van der Waals surface area contributed by atoms with E-state index in [1.807, 2.05) is 10.8 Å². The maximum Gasteiger partial charge on any atom is 0.328 e. The van der Waals surface area contributed by atoms with Crippen molar-refractivity contribution in [2.75, 3.05) is 13.2 Å². The zero-order valence-corrected chi connectivity index (χ0v) is 12.8. The van der Waals surface area contributed by atoms with E-state index in [0.29, 0.717) is 36.3 Å². The van der Waals surface area contributed by atoms with E-state index in [4.69, 9.17) is 16.3 Å². The number of esters is 1. The molecule has 1 aromatic heterocycles. The molecule has 5 nitrogen and oxygen atoms in total. The van der Waals surface area contributed by atoms with Gasteiger partial charge in [0.2, 0.25) is 0 Å². The first kappa shape index (κ1) is 14.4. The standard InChI is InChI=1S/C15H19ClN2O3/c1-2-21-15(20)12-4-3-7-17(12)14(19)13-8-10(16)9-18(13)11-5-6-11/h8-9,11-12H,2-7H2,1H3. The normalized spacial score (nSPS) is 21.6. The Balaban J connectivity index is 1.82. The molecule has 1 saturated carbocycles. The maximum absolute atomic E-state index is 12.8. The van der Waals surface area contributed by atoms with Crippen molar-refractivity contribution in [3.63, 3.8) is 0 Å². The molecule has 21 heavy (non-hydrogen) atoms. The van der Waals surface area contributed by atoms with Crippen LogP contribution in [0.5, 0.6) is 0 Å². The van der Waals surface area contributed by atoms with Crippen molar-refractivity contribution in [1.29, 1.82) is 0 Å². The van der Waals surface area contributed by atoms with Crippen molar-refractivity contribution in [2.24, 2.45) is 0 Å². The lowest BCUT2D eigenvalue weighted by molar-refractivity contribution is -0.147. The Morgan fingerprint density at radius 2 is 2.14 bits per heavy atom. The third-order valence-corrected chi connectivity index (χ3v) is 4.25. The lowest BCUT2D eigenvalue weighted by Gasteiger charge is -2.23. The summed E-state index contributed by atoms with van der Waals surface area (Å²) in [5.74, 6) is -0.427. The number of rotatable bonds is 4. The minimum absolute atomic E-state index is 0.121. The number of aromatic nitrogens is 1. The number of carbonyl (C=O) groups excluding carboxylic acids is 2. The molecular weight excluding hydrogens is 292 g/mol. The first-order chi connectivity index (χ1) is 10.1. The molecule has 1 amide bonds. The second kappa shape index (κ2) is 5.72. The summed E-state index contributed by atoms with van der Waals surface area (Å²) in [4.78, 5) is 26.4. The van der Waals surface area contributed by atoms with E-state index in [0.717, 1.165) is 19.3 Å². The Bertz CT molecular complexity index is 565. The Kier molecular flexibility index (Phi) is 3.93. The van der Waals surface area contributed by atoms with Crippen molar-refractivity contribution in [3.8, 4) is 0 Å². The summed E-state index contributed by atoms with van der Waals surface area (Å²) in [7, 11) is 0. The SMILES string of the molecule is CCOC(=O)C1CCCN1C(=O)c1cc(Cl)cn1C1CC1. The summed E-state index contributed by atoms with van der Waals surface area (Å²) in [6.07, 6.45) is 5.45. The molecule has 2 heterocycles. The van der Waals surface area contributed by atoms with E-state index >= 15 is 0 Å². The molecular formula is C15H19ClN2O3. The van der Waals surface area contributed by atoms with Crippen LogP contribution < -0.4 is 0 Å². The number of ether oxygens (including phenoxy) is 1. The van der Waals surface area contributed by atoms with Crippen LogP contribution in [0.4, 0.5) is 0 Å². The zero-order valence-electron chi connectivity index (χ0n) is 12.0. The number of amides is 1. The van der Waals surface area contributed by atoms with Gasteiger partial charge in [-0.3, -0.25) is 4.79 Å². The van der Waals surface area contributed by atoms with Crippen LogP contribution in [-0.4, -0.2) is 40.5 Å². The Morgan fingerprint density at radius 3 is 2.81 bits per heavy atom. The van der Waals surface area contributed by atoms with E-state index in [-0.39, 0.29) is 11.9 Å². The van der Waals surface area contributed by atoms with E-state index < -0.39 is 6.04 Å². The van der Waals surface area contributed by atoms with Crippen LogP contribution in [0.1, 0.15) is 49.1 Å². The van der Waals surface area contributed by atoms with Crippen molar-refractivity contribution >= 4 is 23.5 Å². The Labute approximate surface area is 128 Å². The van der Waals surface area contributed by atoms with Crippen molar-refractivity contribution < 1.29 is 14.3 Å². The lowest BCUT2D eigenvalue weighted by atomic mass is 10.2. The van der Waals surface area contributed by atoms with Crippen LogP contribution in [0.25, 0.3) is 0 Å². The van der Waals surface area contributed by atoms with Crippen molar-refractivity contribution in [1.82, 2.24) is 9.47 Å². The molecule has 1 aliphatic heterocycles. The Morgan fingerprint density at radius 1 is 1.38 bits per heavy atom. The fraction of sp³-hybridized carbons (Fsp3) is 0.600. The molecule has 1 aromatic rings. The highest BCUT2D eigenvalue weighted by Crippen LogP contribution is 2.38. The number of halogens is 1. The highest BCUT2D eigenvalue weighted by Gasteiger charge is 2.38. The van der Waals surface area contributed by atoms with Crippen LogP contribution >= 0.6 is 11.6 Å². The van der Waals surface area contributed by atoms with Crippen molar-refractivity contribution in [3.05, 3.63) is 23.0 Å². The smallest absolute Gasteiger partial charge is 0.328 e. The van der Waals surface area contributed by atoms with Crippen LogP contribution in [0, 0.1) is 0 Å². The zero-order chi connectivity index (χ0) is 15.0. The quantitative estimate of drug-likeness (QED) is 0.803. The van der Waals surface area contributed by atoms with Gasteiger partial charge in [0.1, 0.15) is 11.7 Å². The predicted octanol–water partition coefficient (Wildman–Crippen LogP) is 2.64. The van der Waals surface area contributed by atoms with Gasteiger partial charge >= 0.3 is 5.97 Å². The monoisotopic (exact) mass is 310 g/mol. The molecule has 114 valence electrons. The maximum atomic E-state index is 12.8. The third-order valence-electron chi connectivity index (χ3n) is 4.05. The van der Waals surface area contributed by atoms with Gasteiger partial charge in [0.25, 0.3) is 5.91 Å². The fourth-order valence-electron chi connectivity index (χ4n) is 2.91. The molecule has 0 spiro atoms. The number of likely N-dealkylation sites (tertiary alicyclic amines) is 1. The minimum Gasteiger partial charge on any atom is -0.464 e. The number of hydrogen-bond donors (Lipinski definition) is 0. The average molecular weight is 311 g/mol. The van der Waals surface area contributed by atoms with Crippen LogP contribution in [-0.2, 0) is 9.53 Å². The largest absolute Gasteiger partial charge is 0.464 e. The summed E-state index contributed by atoms with van der Waals surface area (Å²) < 4.78 is 7.02. The molecule has 0 aromatic carbocycles. The van der Waals surface area contributed by atoms with Crippen LogP contribution in [0.2, 0.25) is 5.02 Å². The predicted molar refractivity (Wildman–Crippen MR) is 78.4 cm³/mol. The van der Waals surface area contributed by atoms with Crippen LogP contribution in [0.3, 0.4) is 0 Å². The summed E-state index contributed by atoms with van der Waals surface area (Å²) in [6, 6.07) is 1.61. The second-order valence-electron chi connectivity index (χ2n) is 5.59. The van der Waals surface area contributed by atoms with E-state index in [2.05, 4.69) is 0 Å². The van der Waals surface area contributed by atoms with E-state index in [1.54, 1.807) is 17.9 Å².